The van der Waals surface area contributed by atoms with E-state index in [1.807, 2.05) is 24.9 Å². The molecule has 0 amide bonds. The maximum absolute atomic E-state index is 4.33. The van der Waals surface area contributed by atoms with Gasteiger partial charge in [-0.05, 0) is 30.5 Å². The number of hydrogen-bond acceptors (Lipinski definition) is 2. The molecule has 120 valence electrons. The minimum atomic E-state index is 0.325. The van der Waals surface area contributed by atoms with Crippen molar-refractivity contribution in [1.29, 1.82) is 0 Å². The Morgan fingerprint density at radius 1 is 1.00 bits per heavy atom. The van der Waals surface area contributed by atoms with Crippen LogP contribution in [0.15, 0.2) is 70.6 Å². The molecule has 0 bridgehead atoms. The molecule has 3 rings (SSSR count). The molecule has 3 nitrogen and oxygen atoms in total. The standard InChI is InChI=1S/C19H23N3S/c1-20-18(21-14-16-8-4-2-5-9-16)22-15-19(12-13-19)23-17-10-6-3-7-11-17/h2-11H,12-15H2,1H3,(H2,20,21,22). The number of benzene rings is 2. The Morgan fingerprint density at radius 3 is 2.26 bits per heavy atom. The molecule has 1 saturated carbocycles. The van der Waals surface area contributed by atoms with Crippen molar-refractivity contribution in [3.8, 4) is 0 Å². The van der Waals surface area contributed by atoms with Crippen molar-refractivity contribution in [1.82, 2.24) is 10.6 Å². The van der Waals surface area contributed by atoms with Crippen molar-refractivity contribution < 1.29 is 0 Å². The molecule has 23 heavy (non-hydrogen) atoms. The van der Waals surface area contributed by atoms with Gasteiger partial charge in [-0.1, -0.05) is 48.5 Å². The lowest BCUT2D eigenvalue weighted by atomic mass is 10.2. The zero-order valence-corrected chi connectivity index (χ0v) is 14.3. The monoisotopic (exact) mass is 325 g/mol. The van der Waals surface area contributed by atoms with Crippen LogP contribution in [0, 0.1) is 0 Å². The average molecular weight is 325 g/mol. The van der Waals surface area contributed by atoms with Crippen molar-refractivity contribution in [2.45, 2.75) is 29.0 Å². The van der Waals surface area contributed by atoms with Gasteiger partial charge < -0.3 is 10.6 Å². The second-order valence-electron chi connectivity index (χ2n) is 5.86. The van der Waals surface area contributed by atoms with Gasteiger partial charge in [0.1, 0.15) is 0 Å². The van der Waals surface area contributed by atoms with Gasteiger partial charge in [-0.25, -0.2) is 0 Å². The van der Waals surface area contributed by atoms with Gasteiger partial charge in [-0.2, -0.15) is 0 Å². The van der Waals surface area contributed by atoms with Gasteiger partial charge in [0.25, 0.3) is 0 Å². The van der Waals surface area contributed by atoms with E-state index in [1.54, 1.807) is 0 Å². The summed E-state index contributed by atoms with van der Waals surface area (Å²) in [6, 6.07) is 21.0. The number of thioether (sulfide) groups is 1. The number of nitrogens with zero attached hydrogens (tertiary/aromatic N) is 1. The largest absolute Gasteiger partial charge is 0.355 e. The van der Waals surface area contributed by atoms with Gasteiger partial charge in [0.15, 0.2) is 5.96 Å². The van der Waals surface area contributed by atoms with E-state index in [0.717, 1.165) is 19.0 Å². The van der Waals surface area contributed by atoms with Crippen LogP contribution in [0.5, 0.6) is 0 Å². The predicted molar refractivity (Wildman–Crippen MR) is 98.9 cm³/mol. The Morgan fingerprint density at radius 2 is 1.65 bits per heavy atom. The van der Waals surface area contributed by atoms with Crippen LogP contribution < -0.4 is 10.6 Å². The summed E-state index contributed by atoms with van der Waals surface area (Å²) in [5.41, 5.74) is 1.26. The van der Waals surface area contributed by atoms with E-state index in [9.17, 15) is 0 Å². The first-order chi connectivity index (χ1) is 11.3. The second kappa shape index (κ2) is 7.55. The minimum Gasteiger partial charge on any atom is -0.355 e. The van der Waals surface area contributed by atoms with Crippen LogP contribution in [0.1, 0.15) is 18.4 Å². The molecule has 0 heterocycles. The fourth-order valence-electron chi connectivity index (χ4n) is 2.44. The van der Waals surface area contributed by atoms with E-state index in [1.165, 1.54) is 23.3 Å². The molecule has 1 fully saturated rings. The van der Waals surface area contributed by atoms with E-state index in [0.29, 0.717) is 4.75 Å². The fraction of sp³-hybridized carbons (Fsp3) is 0.316. The number of nitrogens with one attached hydrogen (secondary N) is 2. The van der Waals surface area contributed by atoms with E-state index in [4.69, 9.17) is 0 Å². The molecule has 0 aromatic heterocycles. The average Bonchev–Trinajstić information content (AvgIpc) is 3.36. The lowest BCUT2D eigenvalue weighted by molar-refractivity contribution is 0.766. The Bertz CT molecular complexity index is 636. The summed E-state index contributed by atoms with van der Waals surface area (Å²) in [5, 5.41) is 6.86. The summed E-state index contributed by atoms with van der Waals surface area (Å²) >= 11 is 1.98. The third-order valence-corrected chi connectivity index (χ3v) is 5.48. The zero-order valence-electron chi connectivity index (χ0n) is 13.5. The number of rotatable bonds is 6. The third kappa shape index (κ3) is 4.76. The van der Waals surface area contributed by atoms with Crippen LogP contribution in [0.4, 0.5) is 0 Å². The summed E-state index contributed by atoms with van der Waals surface area (Å²) in [6.45, 7) is 1.74. The molecule has 0 aliphatic heterocycles. The highest BCUT2D eigenvalue weighted by Crippen LogP contribution is 2.51. The Kier molecular flexibility index (Phi) is 5.23. The van der Waals surface area contributed by atoms with Gasteiger partial charge in [0, 0.05) is 29.8 Å². The molecule has 0 radical (unpaired) electrons. The molecule has 2 aromatic carbocycles. The molecular weight excluding hydrogens is 302 g/mol. The smallest absolute Gasteiger partial charge is 0.191 e. The first kappa shape index (κ1) is 15.9. The number of hydrogen-bond donors (Lipinski definition) is 2. The molecule has 1 aliphatic carbocycles. The Labute approximate surface area is 142 Å². The maximum Gasteiger partial charge on any atom is 0.191 e. The van der Waals surface area contributed by atoms with E-state index in [2.05, 4.69) is 70.2 Å². The van der Waals surface area contributed by atoms with Crippen LogP contribution in [0.25, 0.3) is 0 Å². The molecule has 1 aliphatic rings. The minimum absolute atomic E-state index is 0.325. The number of guanidine groups is 1. The zero-order chi connectivity index (χ0) is 16.0. The Hall–Kier alpha value is -1.94. The van der Waals surface area contributed by atoms with E-state index < -0.39 is 0 Å². The van der Waals surface area contributed by atoms with Crippen LogP contribution in [0.3, 0.4) is 0 Å². The summed E-state index contributed by atoms with van der Waals surface area (Å²) in [5.74, 6) is 0.869. The molecule has 0 spiro atoms. The van der Waals surface area contributed by atoms with Crippen molar-refractivity contribution >= 4 is 17.7 Å². The summed E-state index contributed by atoms with van der Waals surface area (Å²) in [4.78, 5) is 5.67. The maximum atomic E-state index is 4.33. The SMILES string of the molecule is CN=C(NCc1ccccc1)NCC1(Sc2ccccc2)CC1. The van der Waals surface area contributed by atoms with Crippen LogP contribution in [-0.2, 0) is 6.54 Å². The van der Waals surface area contributed by atoms with Gasteiger partial charge in [0.2, 0.25) is 0 Å². The van der Waals surface area contributed by atoms with Crippen LogP contribution in [0.2, 0.25) is 0 Å². The highest BCUT2D eigenvalue weighted by atomic mass is 32.2. The first-order valence-corrected chi connectivity index (χ1v) is 8.84. The van der Waals surface area contributed by atoms with Crippen molar-refractivity contribution in [3.05, 3.63) is 66.2 Å². The molecular formula is C19H23N3S. The van der Waals surface area contributed by atoms with Crippen LogP contribution in [-0.4, -0.2) is 24.3 Å². The first-order valence-electron chi connectivity index (χ1n) is 8.02. The molecule has 4 heteroatoms. The molecule has 2 aromatic rings. The van der Waals surface area contributed by atoms with Gasteiger partial charge in [-0.15, -0.1) is 11.8 Å². The van der Waals surface area contributed by atoms with Crippen molar-refractivity contribution in [2.75, 3.05) is 13.6 Å². The normalized spacial score (nSPS) is 16.0. The van der Waals surface area contributed by atoms with Crippen LogP contribution >= 0.6 is 11.8 Å². The third-order valence-electron chi connectivity index (χ3n) is 3.99. The second-order valence-corrected chi connectivity index (χ2v) is 7.40. The topological polar surface area (TPSA) is 36.4 Å². The summed E-state index contributed by atoms with van der Waals surface area (Å²) < 4.78 is 0.325. The Balaban J connectivity index is 1.48. The van der Waals surface area contributed by atoms with Crippen molar-refractivity contribution in [3.63, 3.8) is 0 Å². The summed E-state index contributed by atoms with van der Waals surface area (Å²) in [7, 11) is 1.82. The lowest BCUT2D eigenvalue weighted by Crippen LogP contribution is -2.40. The van der Waals surface area contributed by atoms with Gasteiger partial charge in [0.05, 0.1) is 0 Å². The molecule has 0 atom stereocenters. The number of aliphatic imine (C=N–C) groups is 1. The van der Waals surface area contributed by atoms with Crippen molar-refractivity contribution in [2.24, 2.45) is 4.99 Å². The van der Waals surface area contributed by atoms with E-state index in [-0.39, 0.29) is 0 Å². The highest BCUT2D eigenvalue weighted by Gasteiger charge is 2.43. The molecule has 2 N–H and O–H groups in total. The van der Waals surface area contributed by atoms with E-state index >= 15 is 0 Å². The van der Waals surface area contributed by atoms with Gasteiger partial charge >= 0.3 is 0 Å². The molecule has 0 saturated heterocycles. The molecule has 0 unspecified atom stereocenters. The lowest BCUT2D eigenvalue weighted by Gasteiger charge is -2.18. The highest BCUT2D eigenvalue weighted by molar-refractivity contribution is 8.01. The summed E-state index contributed by atoms with van der Waals surface area (Å²) in [6.07, 6.45) is 2.52. The quantitative estimate of drug-likeness (QED) is 0.628. The fourth-order valence-corrected chi connectivity index (χ4v) is 3.68. The predicted octanol–water partition coefficient (Wildman–Crippen LogP) is 3.68. The van der Waals surface area contributed by atoms with Gasteiger partial charge in [-0.3, -0.25) is 4.99 Å².